The first-order valence-corrected chi connectivity index (χ1v) is 20.5. The van der Waals surface area contributed by atoms with E-state index in [1.54, 1.807) is 0 Å². The number of benzene rings is 7. The summed E-state index contributed by atoms with van der Waals surface area (Å²) in [5.41, 5.74) is 12.8. The fourth-order valence-electron chi connectivity index (χ4n) is 10.8. The van der Waals surface area contributed by atoms with Crippen LogP contribution in [0.1, 0.15) is 68.2 Å². The Bertz CT molecular complexity index is 2610. The van der Waals surface area contributed by atoms with Gasteiger partial charge >= 0.3 is 0 Å². The summed E-state index contributed by atoms with van der Waals surface area (Å²) in [6.07, 6.45) is 8.22. The molecule has 2 bridgehead atoms. The minimum absolute atomic E-state index is 0.124. The standard InChI is InChI=1S/C53H50N2/c1-36-13-4-9-19-48(36)53(2,3)49-30-29-44(35-41(49)34-39-32-37-23-24-38(31-37)33-39)54(50-22-12-15-40-14-5-6-16-45(40)50)42-25-27-43(28-26-42)55-51-20-10-7-17-46(51)47-18-8-11-21-52(47)55/h4-22,25-30,35,37-39H,23-24,31-34H2,1-3H3/t37-,38+,39-. The molecule has 0 N–H and O–H groups in total. The van der Waals surface area contributed by atoms with Gasteiger partial charge in [-0.2, -0.15) is 0 Å². The average molecular weight is 715 g/mol. The lowest BCUT2D eigenvalue weighted by molar-refractivity contribution is 0.259. The molecule has 2 fully saturated rings. The second-order valence-electron chi connectivity index (χ2n) is 17.1. The van der Waals surface area contributed by atoms with Crippen molar-refractivity contribution in [2.75, 3.05) is 4.90 Å². The van der Waals surface area contributed by atoms with E-state index in [4.69, 9.17) is 0 Å². The number of nitrogens with zero attached hydrogens (tertiary/aromatic N) is 2. The number of para-hydroxylation sites is 2. The normalized spacial score (nSPS) is 18.3. The van der Waals surface area contributed by atoms with Gasteiger partial charge in [0.1, 0.15) is 0 Å². The summed E-state index contributed by atoms with van der Waals surface area (Å²) >= 11 is 0. The molecule has 0 saturated heterocycles. The predicted molar refractivity (Wildman–Crippen MR) is 234 cm³/mol. The van der Waals surface area contributed by atoms with E-state index in [9.17, 15) is 0 Å². The molecule has 2 aliphatic carbocycles. The van der Waals surface area contributed by atoms with Crippen molar-refractivity contribution in [2.24, 2.45) is 17.8 Å². The fourth-order valence-corrected chi connectivity index (χ4v) is 10.8. The first-order valence-electron chi connectivity index (χ1n) is 20.5. The van der Waals surface area contributed by atoms with Crippen LogP contribution in [0, 0.1) is 24.7 Å². The summed E-state index contributed by atoms with van der Waals surface area (Å²) in [5.74, 6) is 2.57. The Hall–Kier alpha value is -5.60. The Kier molecular flexibility index (Phi) is 8.39. The molecule has 0 radical (unpaired) electrons. The van der Waals surface area contributed by atoms with Gasteiger partial charge in [-0.1, -0.05) is 130 Å². The molecule has 0 aliphatic heterocycles. The van der Waals surface area contributed by atoms with E-state index in [0.717, 1.165) is 29.9 Å². The van der Waals surface area contributed by atoms with Crippen molar-refractivity contribution in [1.29, 1.82) is 0 Å². The summed E-state index contributed by atoms with van der Waals surface area (Å²) < 4.78 is 2.41. The van der Waals surface area contributed by atoms with Crippen LogP contribution in [0.5, 0.6) is 0 Å². The maximum absolute atomic E-state index is 2.56. The van der Waals surface area contributed by atoms with Gasteiger partial charge in [-0.25, -0.2) is 0 Å². The number of aromatic nitrogens is 1. The number of fused-ring (bicyclic) bond motifs is 6. The second-order valence-corrected chi connectivity index (χ2v) is 17.1. The summed E-state index contributed by atoms with van der Waals surface area (Å²) in [6.45, 7) is 7.15. The van der Waals surface area contributed by atoms with Crippen molar-refractivity contribution in [3.63, 3.8) is 0 Å². The molecule has 3 atom stereocenters. The first kappa shape index (κ1) is 33.9. The Morgan fingerprint density at radius 1 is 0.564 bits per heavy atom. The first-order chi connectivity index (χ1) is 26.9. The number of anilines is 3. The largest absolute Gasteiger partial charge is 0.310 e. The molecule has 55 heavy (non-hydrogen) atoms. The monoisotopic (exact) mass is 714 g/mol. The minimum Gasteiger partial charge on any atom is -0.310 e. The summed E-state index contributed by atoms with van der Waals surface area (Å²) in [4.78, 5) is 2.51. The molecule has 2 heteroatoms. The van der Waals surface area contributed by atoms with Crippen LogP contribution in [0.25, 0.3) is 38.3 Å². The SMILES string of the molecule is Cc1ccccc1C(C)(C)c1ccc(N(c2ccc(-n3c4ccccc4c4ccccc43)cc2)c2cccc3ccccc23)cc1C[C@@H]1C[C@@H]2CC[C@@H](C2)C1. The Labute approximate surface area is 326 Å². The van der Waals surface area contributed by atoms with Gasteiger partial charge in [-0.15, -0.1) is 0 Å². The van der Waals surface area contributed by atoms with Gasteiger partial charge < -0.3 is 9.47 Å². The third kappa shape index (κ3) is 5.94. The molecule has 7 aromatic carbocycles. The van der Waals surface area contributed by atoms with Crippen LogP contribution in [0.15, 0.2) is 158 Å². The van der Waals surface area contributed by atoms with Gasteiger partial charge in [0.2, 0.25) is 0 Å². The molecule has 272 valence electrons. The van der Waals surface area contributed by atoms with Crippen LogP contribution in [0.3, 0.4) is 0 Å². The molecule has 0 spiro atoms. The zero-order valence-electron chi connectivity index (χ0n) is 32.4. The summed E-state index contributed by atoms with van der Waals surface area (Å²) in [6, 6.07) is 58.8. The maximum atomic E-state index is 2.56. The van der Waals surface area contributed by atoms with E-state index in [1.807, 2.05) is 0 Å². The van der Waals surface area contributed by atoms with Crippen LogP contribution in [-0.4, -0.2) is 4.57 Å². The van der Waals surface area contributed by atoms with Crippen molar-refractivity contribution >= 4 is 49.6 Å². The number of hydrogen-bond donors (Lipinski definition) is 0. The zero-order valence-corrected chi connectivity index (χ0v) is 32.4. The van der Waals surface area contributed by atoms with Crippen LogP contribution in [0.4, 0.5) is 17.1 Å². The van der Waals surface area contributed by atoms with Crippen molar-refractivity contribution in [2.45, 2.75) is 64.7 Å². The average Bonchev–Trinajstić information content (AvgIpc) is 3.74. The van der Waals surface area contributed by atoms with Crippen LogP contribution >= 0.6 is 0 Å². The van der Waals surface area contributed by atoms with Crippen LogP contribution in [-0.2, 0) is 11.8 Å². The van der Waals surface area contributed by atoms with E-state index in [0.29, 0.717) is 0 Å². The molecular weight excluding hydrogens is 665 g/mol. The molecule has 2 nitrogen and oxygen atoms in total. The molecule has 0 amide bonds. The number of hydrogen-bond acceptors (Lipinski definition) is 1. The Morgan fingerprint density at radius 3 is 1.87 bits per heavy atom. The van der Waals surface area contributed by atoms with Crippen LogP contribution < -0.4 is 4.90 Å². The topological polar surface area (TPSA) is 8.17 Å². The quantitative estimate of drug-likeness (QED) is 0.152. The Balaban J connectivity index is 1.13. The van der Waals surface area contributed by atoms with Gasteiger partial charge in [0.05, 0.1) is 16.7 Å². The molecular formula is C53H50N2. The van der Waals surface area contributed by atoms with Crippen LogP contribution in [0.2, 0.25) is 0 Å². The van der Waals surface area contributed by atoms with Gasteiger partial charge in [0, 0.05) is 38.6 Å². The highest BCUT2D eigenvalue weighted by Gasteiger charge is 2.36. The summed E-state index contributed by atoms with van der Waals surface area (Å²) in [5, 5.41) is 5.08. The van der Waals surface area contributed by atoms with Crippen molar-refractivity contribution < 1.29 is 0 Å². The smallest absolute Gasteiger partial charge is 0.0541 e. The van der Waals surface area contributed by atoms with E-state index in [-0.39, 0.29) is 5.41 Å². The lowest BCUT2D eigenvalue weighted by Crippen LogP contribution is -2.25. The second kappa shape index (κ2) is 13.6. The van der Waals surface area contributed by atoms with Gasteiger partial charge in [0.25, 0.3) is 0 Å². The van der Waals surface area contributed by atoms with E-state index >= 15 is 0 Å². The summed E-state index contributed by atoms with van der Waals surface area (Å²) in [7, 11) is 0. The van der Waals surface area contributed by atoms with Crippen molar-refractivity contribution in [3.8, 4) is 5.69 Å². The number of rotatable bonds is 8. The van der Waals surface area contributed by atoms with E-state index in [1.165, 1.54) is 104 Å². The number of aryl methyl sites for hydroxylation is 1. The third-order valence-electron chi connectivity index (χ3n) is 13.3. The van der Waals surface area contributed by atoms with Gasteiger partial charge in [0.15, 0.2) is 0 Å². The Morgan fingerprint density at radius 2 is 1.16 bits per heavy atom. The fraction of sp³-hybridized carbons (Fsp3) is 0.245. The molecule has 8 aromatic rings. The molecule has 10 rings (SSSR count). The minimum atomic E-state index is -0.124. The van der Waals surface area contributed by atoms with E-state index < -0.39 is 0 Å². The lowest BCUT2D eigenvalue weighted by atomic mass is 9.71. The molecule has 1 aromatic heterocycles. The van der Waals surface area contributed by atoms with E-state index in [2.05, 4.69) is 188 Å². The maximum Gasteiger partial charge on any atom is 0.0541 e. The highest BCUT2D eigenvalue weighted by atomic mass is 15.1. The highest BCUT2D eigenvalue weighted by Crippen LogP contribution is 2.48. The molecule has 1 heterocycles. The van der Waals surface area contributed by atoms with Crippen molar-refractivity contribution in [1.82, 2.24) is 4.57 Å². The van der Waals surface area contributed by atoms with Gasteiger partial charge in [-0.3, -0.25) is 0 Å². The predicted octanol–water partition coefficient (Wildman–Crippen LogP) is 14.4. The highest BCUT2D eigenvalue weighted by molar-refractivity contribution is 6.09. The van der Waals surface area contributed by atoms with Gasteiger partial charge in [-0.05, 0) is 133 Å². The molecule has 2 saturated carbocycles. The molecule has 0 unspecified atom stereocenters. The third-order valence-corrected chi connectivity index (χ3v) is 13.3. The van der Waals surface area contributed by atoms with Crippen molar-refractivity contribution in [3.05, 3.63) is 180 Å². The lowest BCUT2D eigenvalue weighted by Gasteiger charge is -2.34. The molecule has 2 aliphatic rings. The zero-order chi connectivity index (χ0) is 37.1.